The van der Waals surface area contributed by atoms with Gasteiger partial charge in [-0.1, -0.05) is 12.1 Å². The maximum atomic E-state index is 12.4. The number of hydrogen-bond donors (Lipinski definition) is 3. The topological polar surface area (TPSA) is 105 Å². The minimum atomic E-state index is -0.0811. The van der Waals surface area contributed by atoms with Gasteiger partial charge in [-0.05, 0) is 50.3 Å². The van der Waals surface area contributed by atoms with Crippen LogP contribution < -0.4 is 21.6 Å². The van der Waals surface area contributed by atoms with E-state index < -0.39 is 0 Å². The van der Waals surface area contributed by atoms with E-state index in [-0.39, 0.29) is 35.6 Å². The summed E-state index contributed by atoms with van der Waals surface area (Å²) < 4.78 is 3.38. The van der Waals surface area contributed by atoms with Crippen LogP contribution in [0.5, 0.6) is 0 Å². The highest BCUT2D eigenvalue weighted by Gasteiger charge is 2.16. The van der Waals surface area contributed by atoms with Gasteiger partial charge in [0.15, 0.2) is 5.96 Å². The van der Waals surface area contributed by atoms with Gasteiger partial charge in [0, 0.05) is 51.8 Å². The molecule has 10 heteroatoms. The number of hydrogen-bond acceptors (Lipinski definition) is 4. The molecule has 2 heterocycles. The molecule has 0 unspecified atom stereocenters. The molecule has 3 rings (SSSR count). The lowest BCUT2D eigenvalue weighted by atomic mass is 10.1. The van der Waals surface area contributed by atoms with Crippen LogP contribution in [0.3, 0.4) is 0 Å². The highest BCUT2D eigenvalue weighted by Crippen LogP contribution is 2.09. The van der Waals surface area contributed by atoms with Crippen LogP contribution in [-0.4, -0.2) is 52.9 Å². The van der Waals surface area contributed by atoms with Gasteiger partial charge in [0.2, 0.25) is 0 Å². The summed E-state index contributed by atoms with van der Waals surface area (Å²) in [6.45, 7) is 5.47. The molecule has 3 N–H and O–H groups in total. The molecule has 1 amide bonds. The average Bonchev–Trinajstić information content (AvgIpc) is 3.12. The molecule has 0 fully saturated rings. The zero-order chi connectivity index (χ0) is 22.1. The quantitative estimate of drug-likeness (QED) is 0.189. The predicted octanol–water partition coefficient (Wildman–Crippen LogP) is 1.55. The molecule has 0 aliphatic carbocycles. The monoisotopic (exact) mass is 555 g/mol. The lowest BCUT2D eigenvalue weighted by molar-refractivity contribution is 0.0963. The molecule has 0 saturated carbocycles. The fraction of sp³-hybridized carbons (Fsp3) is 0.545. The molecule has 1 aliphatic heterocycles. The molecule has 0 bridgehead atoms. The third kappa shape index (κ3) is 7.07. The van der Waals surface area contributed by atoms with Crippen molar-refractivity contribution in [3.63, 3.8) is 0 Å². The van der Waals surface area contributed by atoms with E-state index in [2.05, 4.69) is 26.0 Å². The second kappa shape index (κ2) is 13.2. The van der Waals surface area contributed by atoms with Crippen LogP contribution in [0, 0.1) is 0 Å². The number of carbonyl (C=O) groups is 1. The summed E-state index contributed by atoms with van der Waals surface area (Å²) in [5, 5.41) is 13.7. The Labute approximate surface area is 206 Å². The first-order valence-corrected chi connectivity index (χ1v) is 11.1. The van der Waals surface area contributed by atoms with Gasteiger partial charge in [0.25, 0.3) is 5.91 Å². The number of aryl methyl sites for hydroxylation is 2. The number of halogens is 1. The Bertz CT molecular complexity index is 967. The van der Waals surface area contributed by atoms with E-state index in [0.29, 0.717) is 25.2 Å². The second-order valence-electron chi connectivity index (χ2n) is 7.60. The highest BCUT2D eigenvalue weighted by molar-refractivity contribution is 14.0. The van der Waals surface area contributed by atoms with E-state index in [4.69, 9.17) is 0 Å². The van der Waals surface area contributed by atoms with Gasteiger partial charge in [0.1, 0.15) is 5.82 Å². The first-order valence-electron chi connectivity index (χ1n) is 11.1. The minimum Gasteiger partial charge on any atom is -0.357 e. The fourth-order valence-corrected chi connectivity index (χ4v) is 3.68. The number of rotatable bonds is 9. The Balaban J connectivity index is 0.00000363. The van der Waals surface area contributed by atoms with E-state index in [1.807, 2.05) is 31.2 Å². The smallest absolute Gasteiger partial charge is 0.345 e. The van der Waals surface area contributed by atoms with Gasteiger partial charge in [-0.25, -0.2) is 9.48 Å². The summed E-state index contributed by atoms with van der Waals surface area (Å²) in [6.07, 6.45) is 4.58. The molecule has 1 aliphatic rings. The Kier molecular flexibility index (Phi) is 10.7. The SMILES string of the molecule is CCNC(=NCCCn1nc2n(c1=O)CCCC2)NCCc1cccc(C(=O)NC)c1.I. The number of carbonyl (C=O) groups excluding carboxylic acids is 1. The van der Waals surface area contributed by atoms with Crippen molar-refractivity contribution in [2.75, 3.05) is 26.7 Å². The van der Waals surface area contributed by atoms with Crippen molar-refractivity contribution in [1.82, 2.24) is 30.3 Å². The standard InChI is InChI=1S/C22H33N7O2.HI/c1-3-24-21(26-13-11-17-8-6-9-18(16-17)20(30)23-2)25-12-7-15-29-22(31)28-14-5-4-10-19(28)27-29;/h6,8-9,16H,3-5,7,10-15H2,1-2H3,(H,23,30)(H2,24,25,26);1H. The first kappa shape index (κ1) is 25.9. The Hall–Kier alpha value is -2.37. The number of guanidine groups is 1. The van der Waals surface area contributed by atoms with E-state index in [9.17, 15) is 9.59 Å². The number of amides is 1. The Morgan fingerprint density at radius 1 is 1.25 bits per heavy atom. The van der Waals surface area contributed by atoms with Crippen LogP contribution in [0.2, 0.25) is 0 Å². The third-order valence-corrected chi connectivity index (χ3v) is 5.30. The van der Waals surface area contributed by atoms with Crippen LogP contribution >= 0.6 is 24.0 Å². The molecule has 9 nitrogen and oxygen atoms in total. The van der Waals surface area contributed by atoms with Crippen LogP contribution in [-0.2, 0) is 25.9 Å². The lowest BCUT2D eigenvalue weighted by Gasteiger charge is -2.11. The first-order chi connectivity index (χ1) is 15.1. The number of benzene rings is 1. The van der Waals surface area contributed by atoms with Crippen molar-refractivity contribution in [3.05, 3.63) is 51.7 Å². The summed E-state index contributed by atoms with van der Waals surface area (Å²) in [6, 6.07) is 7.63. The van der Waals surface area contributed by atoms with Crippen molar-refractivity contribution in [1.29, 1.82) is 0 Å². The summed E-state index contributed by atoms with van der Waals surface area (Å²) in [7, 11) is 1.63. The lowest BCUT2D eigenvalue weighted by Crippen LogP contribution is -2.38. The molecule has 176 valence electrons. The molecule has 1 aromatic heterocycles. The minimum absolute atomic E-state index is 0. The van der Waals surface area contributed by atoms with Crippen LogP contribution in [0.4, 0.5) is 0 Å². The Morgan fingerprint density at radius 2 is 2.09 bits per heavy atom. The van der Waals surface area contributed by atoms with Gasteiger partial charge < -0.3 is 16.0 Å². The van der Waals surface area contributed by atoms with Crippen molar-refractivity contribution in [2.45, 2.75) is 52.1 Å². The average molecular weight is 555 g/mol. The summed E-state index contributed by atoms with van der Waals surface area (Å²) in [5.74, 6) is 1.58. The fourth-order valence-electron chi connectivity index (χ4n) is 3.68. The number of nitrogens with zero attached hydrogens (tertiary/aromatic N) is 4. The summed E-state index contributed by atoms with van der Waals surface area (Å²) in [5.41, 5.74) is 1.76. The molecular weight excluding hydrogens is 521 g/mol. The number of aromatic nitrogens is 3. The van der Waals surface area contributed by atoms with Crippen LogP contribution in [0.15, 0.2) is 34.1 Å². The number of aliphatic imine (C=N–C) groups is 1. The third-order valence-electron chi connectivity index (χ3n) is 5.30. The van der Waals surface area contributed by atoms with Crippen LogP contribution in [0.1, 0.15) is 47.9 Å². The van der Waals surface area contributed by atoms with Gasteiger partial charge in [-0.3, -0.25) is 14.4 Å². The van der Waals surface area contributed by atoms with Crippen LogP contribution in [0.25, 0.3) is 0 Å². The molecule has 0 atom stereocenters. The van der Waals surface area contributed by atoms with Crippen molar-refractivity contribution in [2.24, 2.45) is 4.99 Å². The zero-order valence-electron chi connectivity index (χ0n) is 18.9. The number of nitrogens with one attached hydrogen (secondary N) is 3. The number of fused-ring (bicyclic) bond motifs is 1. The maximum Gasteiger partial charge on any atom is 0.345 e. The molecular formula is C22H34IN7O2. The van der Waals surface area contributed by atoms with Gasteiger partial charge in [0.05, 0.1) is 0 Å². The van der Waals surface area contributed by atoms with E-state index in [0.717, 1.165) is 62.5 Å². The molecule has 1 aromatic carbocycles. The second-order valence-corrected chi connectivity index (χ2v) is 7.60. The summed E-state index contributed by atoms with van der Waals surface area (Å²) >= 11 is 0. The zero-order valence-corrected chi connectivity index (χ0v) is 21.2. The summed E-state index contributed by atoms with van der Waals surface area (Å²) in [4.78, 5) is 28.8. The molecule has 0 spiro atoms. The van der Waals surface area contributed by atoms with Gasteiger partial charge >= 0.3 is 5.69 Å². The largest absolute Gasteiger partial charge is 0.357 e. The van der Waals surface area contributed by atoms with E-state index >= 15 is 0 Å². The highest BCUT2D eigenvalue weighted by atomic mass is 127. The predicted molar refractivity (Wildman–Crippen MR) is 137 cm³/mol. The molecule has 32 heavy (non-hydrogen) atoms. The van der Waals surface area contributed by atoms with Crippen molar-refractivity contribution >= 4 is 35.8 Å². The molecule has 0 saturated heterocycles. The molecule has 0 radical (unpaired) electrons. The molecule has 2 aromatic rings. The van der Waals surface area contributed by atoms with E-state index in [1.165, 1.54) is 0 Å². The van der Waals surface area contributed by atoms with Crippen molar-refractivity contribution in [3.8, 4) is 0 Å². The van der Waals surface area contributed by atoms with E-state index in [1.54, 1.807) is 16.3 Å². The van der Waals surface area contributed by atoms with Gasteiger partial charge in [-0.2, -0.15) is 5.10 Å². The maximum absolute atomic E-state index is 12.4. The Morgan fingerprint density at radius 3 is 2.84 bits per heavy atom. The normalized spacial score (nSPS) is 13.1. The van der Waals surface area contributed by atoms with Gasteiger partial charge in [-0.15, -0.1) is 24.0 Å². The van der Waals surface area contributed by atoms with Crippen molar-refractivity contribution < 1.29 is 4.79 Å².